The fraction of sp³-hybridized carbons (Fsp3) is 0.273. The minimum atomic E-state index is -4.63. The van der Waals surface area contributed by atoms with Crippen LogP contribution >= 0.6 is 0 Å². The molecule has 0 aliphatic heterocycles. The second-order valence-electron chi connectivity index (χ2n) is 6.94. The number of alkyl halides is 3. The van der Waals surface area contributed by atoms with Crippen molar-refractivity contribution in [3.63, 3.8) is 0 Å². The quantitative estimate of drug-likeness (QED) is 0.313. The van der Waals surface area contributed by atoms with Crippen molar-refractivity contribution in [2.45, 2.75) is 26.3 Å². The van der Waals surface area contributed by atoms with Crippen LogP contribution in [0.1, 0.15) is 35.0 Å². The molecule has 0 aliphatic rings. The third kappa shape index (κ3) is 7.86. The van der Waals surface area contributed by atoms with Crippen LogP contribution in [-0.4, -0.2) is 32.2 Å². The molecule has 2 aromatic rings. The zero-order valence-electron chi connectivity index (χ0n) is 18.2. The lowest BCUT2D eigenvalue weighted by atomic mass is 10.1. The van der Waals surface area contributed by atoms with Gasteiger partial charge in [-0.25, -0.2) is 17.8 Å². The molecule has 1 aromatic carbocycles. The maximum atomic E-state index is 14.3. The highest BCUT2D eigenvalue weighted by Crippen LogP contribution is 2.28. The largest absolute Gasteiger partial charge is 0.433 e. The van der Waals surface area contributed by atoms with Gasteiger partial charge in [0.1, 0.15) is 11.5 Å². The van der Waals surface area contributed by atoms with E-state index in [2.05, 4.69) is 16.2 Å². The molecule has 0 radical (unpaired) electrons. The lowest BCUT2D eigenvalue weighted by molar-refractivity contribution is -0.141. The number of sulfonamides is 1. The summed E-state index contributed by atoms with van der Waals surface area (Å²) in [7, 11) is -3.77. The van der Waals surface area contributed by atoms with Gasteiger partial charge in [-0.05, 0) is 42.3 Å². The van der Waals surface area contributed by atoms with E-state index in [1.807, 2.05) is 4.72 Å². The number of benzene rings is 1. The molecule has 0 saturated heterocycles. The van der Waals surface area contributed by atoms with E-state index in [-0.39, 0.29) is 47.8 Å². The van der Waals surface area contributed by atoms with Gasteiger partial charge in [0, 0.05) is 19.2 Å². The maximum absolute atomic E-state index is 14.3. The van der Waals surface area contributed by atoms with Gasteiger partial charge in [0.2, 0.25) is 15.9 Å². The monoisotopic (exact) mass is 499 g/mol. The zero-order chi connectivity index (χ0) is 25.5. The number of nitrogens with zero attached hydrogens (tertiary/aromatic N) is 1. The molecule has 0 saturated carbocycles. The molecule has 0 bridgehead atoms. The van der Waals surface area contributed by atoms with Crippen LogP contribution in [0.15, 0.2) is 30.3 Å². The normalized spacial score (nSPS) is 11.9. The SMILES string of the molecule is C#Cc1cc(CNC(=O)C=Cc2ccc(C(F)(F)F)nc2COCC)cc(F)c1NS(C)(=O)=O. The number of pyridine rings is 1. The summed E-state index contributed by atoms with van der Waals surface area (Å²) in [6.45, 7) is 1.61. The number of ether oxygens (including phenoxy) is 1. The summed E-state index contributed by atoms with van der Waals surface area (Å²) in [5.41, 5.74) is -0.981. The number of aromatic nitrogens is 1. The van der Waals surface area contributed by atoms with Crippen LogP contribution < -0.4 is 10.0 Å². The molecular weight excluding hydrogens is 478 g/mol. The van der Waals surface area contributed by atoms with Crippen molar-refractivity contribution in [2.75, 3.05) is 17.6 Å². The standard InChI is InChI=1S/C22H21F4N3O4S/c1-4-15-10-14(11-17(23)21(15)29-34(3,31)32)12-27-20(30)9-7-16-6-8-19(22(24,25)26)28-18(16)13-33-5-2/h1,6-11,29H,5,12-13H2,2-3H3,(H,27,30). The molecule has 2 N–H and O–H groups in total. The Hall–Kier alpha value is -3.43. The van der Waals surface area contributed by atoms with Crippen molar-refractivity contribution in [2.24, 2.45) is 0 Å². The molecule has 1 amide bonds. The topological polar surface area (TPSA) is 97.4 Å². The average molecular weight is 499 g/mol. The summed E-state index contributed by atoms with van der Waals surface area (Å²) < 4.78 is 83.0. The summed E-state index contributed by atoms with van der Waals surface area (Å²) in [4.78, 5) is 15.8. The molecule has 0 fully saturated rings. The maximum Gasteiger partial charge on any atom is 0.433 e. The van der Waals surface area contributed by atoms with E-state index in [1.54, 1.807) is 6.92 Å². The Bertz CT molecular complexity index is 1240. The summed E-state index contributed by atoms with van der Waals surface area (Å²) in [5, 5.41) is 2.48. The Balaban J connectivity index is 2.15. The summed E-state index contributed by atoms with van der Waals surface area (Å²) >= 11 is 0. The first-order valence-electron chi connectivity index (χ1n) is 9.71. The van der Waals surface area contributed by atoms with Crippen LogP contribution in [0.25, 0.3) is 6.08 Å². The fourth-order valence-electron chi connectivity index (χ4n) is 2.72. The van der Waals surface area contributed by atoms with Crippen LogP contribution in [0.5, 0.6) is 0 Å². The first kappa shape index (κ1) is 26.8. The highest BCUT2D eigenvalue weighted by molar-refractivity contribution is 7.92. The van der Waals surface area contributed by atoms with Crippen molar-refractivity contribution in [3.8, 4) is 12.3 Å². The molecule has 2 rings (SSSR count). The molecule has 7 nitrogen and oxygen atoms in total. The Morgan fingerprint density at radius 3 is 2.59 bits per heavy atom. The number of halogens is 4. The number of carbonyl (C=O) groups is 1. The van der Waals surface area contributed by atoms with Gasteiger partial charge in [-0.3, -0.25) is 9.52 Å². The lowest BCUT2D eigenvalue weighted by Crippen LogP contribution is -2.21. The van der Waals surface area contributed by atoms with Gasteiger partial charge in [0.05, 0.1) is 29.8 Å². The van der Waals surface area contributed by atoms with Crippen molar-refractivity contribution >= 4 is 27.7 Å². The molecule has 1 aromatic heterocycles. The summed E-state index contributed by atoms with van der Waals surface area (Å²) in [5.74, 6) is 0.638. The van der Waals surface area contributed by atoms with Gasteiger partial charge in [-0.15, -0.1) is 6.42 Å². The van der Waals surface area contributed by atoms with Gasteiger partial charge < -0.3 is 10.1 Å². The minimum Gasteiger partial charge on any atom is -0.375 e. The molecule has 34 heavy (non-hydrogen) atoms. The highest BCUT2D eigenvalue weighted by atomic mass is 32.2. The van der Waals surface area contributed by atoms with Crippen molar-refractivity contribution in [1.29, 1.82) is 0 Å². The van der Waals surface area contributed by atoms with Gasteiger partial charge in [-0.2, -0.15) is 13.2 Å². The van der Waals surface area contributed by atoms with Crippen molar-refractivity contribution < 1.29 is 35.5 Å². The van der Waals surface area contributed by atoms with Gasteiger partial charge in [-0.1, -0.05) is 12.0 Å². The predicted molar refractivity (Wildman–Crippen MR) is 118 cm³/mol. The number of terminal acetylenes is 1. The first-order chi connectivity index (χ1) is 15.8. The Labute approximate surface area is 194 Å². The van der Waals surface area contributed by atoms with Gasteiger partial charge >= 0.3 is 6.18 Å². The third-order valence-corrected chi connectivity index (χ3v) is 4.79. The number of hydrogen-bond donors (Lipinski definition) is 2. The fourth-order valence-corrected chi connectivity index (χ4v) is 3.30. The molecule has 0 aliphatic carbocycles. The van der Waals surface area contributed by atoms with Crippen LogP contribution in [0, 0.1) is 18.2 Å². The van der Waals surface area contributed by atoms with E-state index >= 15 is 0 Å². The summed E-state index contributed by atoms with van der Waals surface area (Å²) in [6.07, 6.45) is 3.91. The molecule has 12 heteroatoms. The van der Waals surface area contributed by atoms with E-state index < -0.39 is 33.6 Å². The highest BCUT2D eigenvalue weighted by Gasteiger charge is 2.32. The molecular formula is C22H21F4N3O4S. The van der Waals surface area contributed by atoms with E-state index in [1.165, 1.54) is 18.2 Å². The van der Waals surface area contributed by atoms with E-state index in [0.717, 1.165) is 24.5 Å². The third-order valence-electron chi connectivity index (χ3n) is 4.22. The van der Waals surface area contributed by atoms with E-state index in [9.17, 15) is 30.8 Å². The Morgan fingerprint density at radius 1 is 1.29 bits per heavy atom. The summed E-state index contributed by atoms with van der Waals surface area (Å²) in [6, 6.07) is 4.32. The molecule has 0 unspecified atom stereocenters. The second kappa shape index (κ2) is 11.1. The van der Waals surface area contributed by atoms with Crippen molar-refractivity contribution in [1.82, 2.24) is 10.3 Å². The lowest BCUT2D eigenvalue weighted by Gasteiger charge is -2.11. The number of anilines is 1. The van der Waals surface area contributed by atoms with Crippen LogP contribution in [0.2, 0.25) is 0 Å². The molecule has 182 valence electrons. The first-order valence-corrected chi connectivity index (χ1v) is 11.6. The predicted octanol–water partition coefficient (Wildman–Crippen LogP) is 3.46. The van der Waals surface area contributed by atoms with Gasteiger partial charge in [0.15, 0.2) is 0 Å². The van der Waals surface area contributed by atoms with Gasteiger partial charge in [0.25, 0.3) is 0 Å². The second-order valence-corrected chi connectivity index (χ2v) is 8.69. The number of nitrogens with one attached hydrogen (secondary N) is 2. The molecule has 0 atom stereocenters. The number of carbonyl (C=O) groups excluding carboxylic acids is 1. The number of hydrogen-bond acceptors (Lipinski definition) is 5. The Kier molecular flexibility index (Phi) is 8.78. The molecule has 1 heterocycles. The zero-order valence-corrected chi connectivity index (χ0v) is 19.0. The average Bonchev–Trinajstić information content (AvgIpc) is 2.75. The van der Waals surface area contributed by atoms with Crippen LogP contribution in [0.3, 0.4) is 0 Å². The molecule has 0 spiro atoms. The van der Waals surface area contributed by atoms with E-state index in [4.69, 9.17) is 11.2 Å². The minimum absolute atomic E-state index is 0.00965. The van der Waals surface area contributed by atoms with E-state index in [0.29, 0.717) is 0 Å². The number of rotatable bonds is 9. The Morgan fingerprint density at radius 2 is 2.00 bits per heavy atom. The number of amides is 1. The van der Waals surface area contributed by atoms with Crippen LogP contribution in [-0.2, 0) is 38.9 Å². The van der Waals surface area contributed by atoms with Crippen molar-refractivity contribution in [3.05, 3.63) is 64.2 Å². The van der Waals surface area contributed by atoms with Crippen LogP contribution in [0.4, 0.5) is 23.2 Å². The smallest absolute Gasteiger partial charge is 0.375 e.